The summed E-state index contributed by atoms with van der Waals surface area (Å²) >= 11 is 0. The van der Waals surface area contributed by atoms with Crippen molar-refractivity contribution >= 4 is 5.91 Å². The highest BCUT2D eigenvalue weighted by molar-refractivity contribution is 5.81. The summed E-state index contributed by atoms with van der Waals surface area (Å²) in [6, 6.07) is 28.9. The molecule has 144 valence electrons. The van der Waals surface area contributed by atoms with Crippen LogP contribution < -0.4 is 0 Å². The maximum absolute atomic E-state index is 12.8. The number of likely N-dealkylation sites (tertiary alicyclic amines) is 1. The summed E-state index contributed by atoms with van der Waals surface area (Å²) in [6.07, 6.45) is 0.231. The van der Waals surface area contributed by atoms with Gasteiger partial charge in [0.15, 0.2) is 0 Å². The first kappa shape index (κ1) is 18.9. The third-order valence-corrected chi connectivity index (χ3v) is 5.62. The monoisotopic (exact) mass is 382 g/mol. The second kappa shape index (κ2) is 8.30. The van der Waals surface area contributed by atoms with Crippen molar-refractivity contribution in [2.24, 2.45) is 0 Å². The summed E-state index contributed by atoms with van der Waals surface area (Å²) in [7, 11) is 0. The zero-order chi connectivity index (χ0) is 20.2. The molecule has 0 aliphatic carbocycles. The van der Waals surface area contributed by atoms with Gasteiger partial charge in [0.25, 0.3) is 0 Å². The number of nitriles is 1. The van der Waals surface area contributed by atoms with Gasteiger partial charge >= 0.3 is 0 Å². The molecular formula is C25H22N2O2. The Balaban J connectivity index is 1.54. The van der Waals surface area contributed by atoms with Crippen LogP contribution in [0.15, 0.2) is 84.9 Å². The minimum absolute atomic E-state index is 0.126. The molecule has 1 aliphatic rings. The molecule has 0 aromatic heterocycles. The first-order chi connectivity index (χ1) is 14.2. The van der Waals surface area contributed by atoms with Crippen molar-refractivity contribution in [1.82, 2.24) is 4.90 Å². The van der Waals surface area contributed by atoms with E-state index in [1.54, 1.807) is 4.90 Å². The molecule has 1 N–H and O–H groups in total. The van der Waals surface area contributed by atoms with E-state index < -0.39 is 6.04 Å². The summed E-state index contributed by atoms with van der Waals surface area (Å²) in [5, 5.41) is 19.7. The Labute approximate surface area is 170 Å². The van der Waals surface area contributed by atoms with E-state index in [-0.39, 0.29) is 30.9 Å². The van der Waals surface area contributed by atoms with Crippen molar-refractivity contribution in [3.8, 4) is 17.2 Å². The van der Waals surface area contributed by atoms with Crippen molar-refractivity contribution in [3.63, 3.8) is 0 Å². The van der Waals surface area contributed by atoms with Crippen LogP contribution in [0.2, 0.25) is 0 Å². The Morgan fingerprint density at radius 1 is 0.897 bits per heavy atom. The molecule has 4 heteroatoms. The van der Waals surface area contributed by atoms with Gasteiger partial charge in [-0.3, -0.25) is 4.79 Å². The number of aliphatic hydroxyl groups excluding tert-OH is 1. The van der Waals surface area contributed by atoms with Gasteiger partial charge in [-0.25, -0.2) is 0 Å². The fraction of sp³-hybridized carbons (Fsp3) is 0.200. The van der Waals surface area contributed by atoms with Crippen molar-refractivity contribution in [1.29, 1.82) is 5.26 Å². The molecule has 29 heavy (non-hydrogen) atoms. The number of carbonyl (C=O) groups excluding carboxylic acids is 1. The van der Waals surface area contributed by atoms with Crippen LogP contribution in [0.5, 0.6) is 0 Å². The van der Waals surface area contributed by atoms with Crippen molar-refractivity contribution < 1.29 is 9.90 Å². The molecule has 0 saturated carbocycles. The normalized spacial score (nSPS) is 20.6. The number of carbonyl (C=O) groups is 1. The Kier molecular flexibility index (Phi) is 5.41. The van der Waals surface area contributed by atoms with Crippen LogP contribution in [-0.4, -0.2) is 34.6 Å². The van der Waals surface area contributed by atoms with Crippen LogP contribution in [0.3, 0.4) is 0 Å². The number of benzene rings is 3. The summed E-state index contributed by atoms with van der Waals surface area (Å²) in [5.74, 6) is -0.312. The number of aliphatic hydroxyl groups is 1. The lowest BCUT2D eigenvalue weighted by Crippen LogP contribution is -2.65. The lowest BCUT2D eigenvalue weighted by Gasteiger charge is -2.51. The van der Waals surface area contributed by atoms with Gasteiger partial charge in [-0.1, -0.05) is 84.9 Å². The summed E-state index contributed by atoms with van der Waals surface area (Å²) in [4.78, 5) is 14.4. The molecule has 3 aromatic rings. The molecule has 1 amide bonds. The highest BCUT2D eigenvalue weighted by Gasteiger charge is 2.51. The van der Waals surface area contributed by atoms with Crippen LogP contribution in [0, 0.1) is 11.3 Å². The van der Waals surface area contributed by atoms with E-state index in [9.17, 15) is 15.2 Å². The Morgan fingerprint density at radius 3 is 2.07 bits per heavy atom. The van der Waals surface area contributed by atoms with Gasteiger partial charge in [-0.15, -0.1) is 0 Å². The van der Waals surface area contributed by atoms with Crippen LogP contribution in [-0.2, 0) is 11.2 Å². The Morgan fingerprint density at radius 2 is 1.48 bits per heavy atom. The lowest BCUT2D eigenvalue weighted by molar-refractivity contribution is -0.146. The number of nitrogens with zero attached hydrogens (tertiary/aromatic N) is 2. The van der Waals surface area contributed by atoms with Crippen LogP contribution >= 0.6 is 0 Å². The molecule has 3 atom stereocenters. The van der Waals surface area contributed by atoms with Gasteiger partial charge < -0.3 is 10.0 Å². The van der Waals surface area contributed by atoms with E-state index in [0.29, 0.717) is 0 Å². The second-order valence-electron chi connectivity index (χ2n) is 7.30. The average molecular weight is 382 g/mol. The first-order valence-electron chi connectivity index (χ1n) is 9.74. The number of hydrogen-bond acceptors (Lipinski definition) is 3. The zero-order valence-electron chi connectivity index (χ0n) is 16.0. The molecule has 0 spiro atoms. The quantitative estimate of drug-likeness (QED) is 0.730. The van der Waals surface area contributed by atoms with E-state index >= 15 is 0 Å². The Hall–Kier alpha value is -3.42. The minimum atomic E-state index is -0.564. The topological polar surface area (TPSA) is 64.3 Å². The first-order valence-corrected chi connectivity index (χ1v) is 9.74. The molecule has 1 aliphatic heterocycles. The predicted octanol–water partition coefficient (Wildman–Crippen LogP) is 3.78. The van der Waals surface area contributed by atoms with Gasteiger partial charge in [0.05, 0.1) is 25.1 Å². The lowest BCUT2D eigenvalue weighted by atomic mass is 9.75. The molecule has 1 saturated heterocycles. The third-order valence-electron chi connectivity index (χ3n) is 5.62. The standard InChI is InChI=1S/C25H22N2O2/c26-16-22-25(21-13-11-20(12-14-21)19-9-5-2-6-10-19)23(17-28)27(22)24(29)15-18-7-3-1-4-8-18/h1-14,22-23,25,28H,15,17H2/t22-,23+,25-/m1/s1. The fourth-order valence-electron chi connectivity index (χ4n) is 4.14. The second-order valence-corrected chi connectivity index (χ2v) is 7.30. The van der Waals surface area contributed by atoms with Crippen LogP contribution in [0.25, 0.3) is 11.1 Å². The smallest absolute Gasteiger partial charge is 0.228 e. The van der Waals surface area contributed by atoms with Crippen molar-refractivity contribution in [3.05, 3.63) is 96.1 Å². The third kappa shape index (κ3) is 3.65. The van der Waals surface area contributed by atoms with Crippen LogP contribution in [0.4, 0.5) is 0 Å². The molecule has 0 bridgehead atoms. The summed E-state index contributed by atoms with van der Waals surface area (Å²) < 4.78 is 0. The number of rotatable bonds is 5. The highest BCUT2D eigenvalue weighted by atomic mass is 16.3. The van der Waals surface area contributed by atoms with E-state index in [1.165, 1.54) is 0 Å². The van der Waals surface area contributed by atoms with Gasteiger partial charge in [0.1, 0.15) is 6.04 Å². The average Bonchev–Trinajstić information content (AvgIpc) is 2.75. The molecule has 1 heterocycles. The fourth-order valence-corrected chi connectivity index (χ4v) is 4.14. The molecular weight excluding hydrogens is 360 g/mol. The molecule has 0 unspecified atom stereocenters. The highest BCUT2D eigenvalue weighted by Crippen LogP contribution is 2.41. The SMILES string of the molecule is N#C[C@@H]1[C@@H](c2ccc(-c3ccccc3)cc2)[C@H](CO)N1C(=O)Cc1ccccc1. The van der Waals surface area contributed by atoms with Gasteiger partial charge in [-0.2, -0.15) is 5.26 Å². The van der Waals surface area contributed by atoms with Crippen LogP contribution in [0.1, 0.15) is 17.0 Å². The summed E-state index contributed by atoms with van der Waals surface area (Å²) in [6.45, 7) is -0.163. The van der Waals surface area contributed by atoms with Gasteiger partial charge in [0.2, 0.25) is 5.91 Å². The van der Waals surface area contributed by atoms with E-state index in [0.717, 1.165) is 22.3 Å². The van der Waals surface area contributed by atoms with E-state index in [4.69, 9.17) is 0 Å². The predicted molar refractivity (Wildman–Crippen MR) is 112 cm³/mol. The minimum Gasteiger partial charge on any atom is -0.394 e. The van der Waals surface area contributed by atoms with E-state index in [1.807, 2.05) is 72.8 Å². The van der Waals surface area contributed by atoms with E-state index in [2.05, 4.69) is 18.2 Å². The largest absolute Gasteiger partial charge is 0.394 e. The van der Waals surface area contributed by atoms with Gasteiger partial charge in [-0.05, 0) is 22.3 Å². The molecule has 0 radical (unpaired) electrons. The van der Waals surface area contributed by atoms with Gasteiger partial charge in [0, 0.05) is 5.92 Å². The number of amides is 1. The maximum atomic E-state index is 12.8. The molecule has 4 rings (SSSR count). The Bertz CT molecular complexity index is 1010. The maximum Gasteiger partial charge on any atom is 0.228 e. The van der Waals surface area contributed by atoms with Crippen molar-refractivity contribution in [2.45, 2.75) is 24.4 Å². The molecule has 1 fully saturated rings. The van der Waals surface area contributed by atoms with Crippen molar-refractivity contribution in [2.75, 3.05) is 6.61 Å². The zero-order valence-corrected chi connectivity index (χ0v) is 16.0. The number of hydrogen-bond donors (Lipinski definition) is 1. The molecule has 3 aromatic carbocycles. The molecule has 4 nitrogen and oxygen atoms in total. The summed E-state index contributed by atoms with van der Waals surface area (Å²) in [5.41, 5.74) is 4.10.